The number of hydrogen-bond donors (Lipinski definition) is 1. The van der Waals surface area contributed by atoms with Crippen LogP contribution in [-0.2, 0) is 17.8 Å². The summed E-state index contributed by atoms with van der Waals surface area (Å²) >= 11 is -1.38. The van der Waals surface area contributed by atoms with Gasteiger partial charge in [0.05, 0.1) is 18.3 Å². The Hall–Kier alpha value is -3.56. The Bertz CT molecular complexity index is 1290. The normalized spacial score (nSPS) is 19.0. The maximum absolute atomic E-state index is 13.6. The molecular formula is C23H19N3O5S. The number of fused-ring (bicyclic) bond motifs is 6. The third-order valence-corrected chi connectivity index (χ3v) is 7.19. The number of hydrogen-bond acceptors (Lipinski definition) is 5. The first-order valence-electron chi connectivity index (χ1n) is 10.0. The molecule has 0 radical (unpaired) electrons. The number of benzene rings is 2. The van der Waals surface area contributed by atoms with Crippen LogP contribution >= 0.6 is 0 Å². The number of pyridine rings is 1. The van der Waals surface area contributed by atoms with E-state index < -0.39 is 34.5 Å². The third-order valence-electron chi connectivity index (χ3n) is 5.66. The van der Waals surface area contributed by atoms with Crippen LogP contribution in [0.4, 0.5) is 5.69 Å². The second-order valence-electron chi connectivity index (χ2n) is 7.64. The lowest BCUT2D eigenvalue weighted by Gasteiger charge is -2.34. The Morgan fingerprint density at radius 1 is 1.12 bits per heavy atom. The molecule has 1 unspecified atom stereocenters. The Labute approximate surface area is 186 Å². The Morgan fingerprint density at radius 3 is 2.59 bits per heavy atom. The average Bonchev–Trinajstić information content (AvgIpc) is 2.92. The molecular weight excluding hydrogens is 430 g/mol. The van der Waals surface area contributed by atoms with E-state index in [0.717, 1.165) is 5.56 Å². The first-order valence-corrected chi connectivity index (χ1v) is 11.3. The number of anilines is 1. The lowest BCUT2D eigenvalue weighted by atomic mass is 10.1. The minimum atomic E-state index is -1.38. The standard InChI is InChI=1S/C23H19N3O5S/c24-22(28)16-11-25-15-10-26(17-8-4-5-9-18(17)32(30)13-15)23(29)19(25)21(20(16)27)31-12-14-6-2-1-3-7-14/h1-9,11,15H,10,12-13H2,(H2,24,28)/t15-,32?/m1/s1. The highest BCUT2D eigenvalue weighted by Gasteiger charge is 2.42. The number of ether oxygens (including phenoxy) is 1. The molecule has 0 saturated heterocycles. The second kappa shape index (κ2) is 7.85. The van der Waals surface area contributed by atoms with Gasteiger partial charge in [-0.1, -0.05) is 42.5 Å². The topological polar surface area (TPSA) is 118 Å². The minimum Gasteiger partial charge on any atom is -0.611 e. The molecule has 0 spiro atoms. The van der Waals surface area contributed by atoms with Crippen LogP contribution in [0.15, 0.2) is 70.5 Å². The number of primary amides is 1. The maximum atomic E-state index is 13.6. The van der Waals surface area contributed by atoms with Gasteiger partial charge in [0.25, 0.3) is 11.8 Å². The molecule has 2 aliphatic heterocycles. The second-order valence-corrected chi connectivity index (χ2v) is 9.11. The predicted octanol–water partition coefficient (Wildman–Crippen LogP) is 1.85. The van der Waals surface area contributed by atoms with Gasteiger partial charge in [0.15, 0.2) is 16.3 Å². The van der Waals surface area contributed by atoms with Gasteiger partial charge in [0.2, 0.25) is 5.43 Å². The molecule has 162 valence electrons. The van der Waals surface area contributed by atoms with Crippen molar-refractivity contribution in [2.24, 2.45) is 5.73 Å². The van der Waals surface area contributed by atoms with E-state index in [1.165, 1.54) is 15.7 Å². The lowest BCUT2D eigenvalue weighted by molar-refractivity contribution is 0.0942. The van der Waals surface area contributed by atoms with Gasteiger partial charge in [0, 0.05) is 6.20 Å². The fourth-order valence-electron chi connectivity index (χ4n) is 4.13. The molecule has 2 aromatic carbocycles. The molecule has 5 rings (SSSR count). The van der Waals surface area contributed by atoms with Crippen LogP contribution in [0.5, 0.6) is 5.75 Å². The van der Waals surface area contributed by atoms with Gasteiger partial charge < -0.3 is 24.5 Å². The quantitative estimate of drug-likeness (QED) is 0.610. The Kier molecular flexibility index (Phi) is 4.99. The minimum absolute atomic E-state index is 0.0286. The monoisotopic (exact) mass is 449 g/mol. The molecule has 1 aromatic heterocycles. The van der Waals surface area contributed by atoms with Crippen LogP contribution < -0.4 is 20.8 Å². The zero-order chi connectivity index (χ0) is 22.4. The predicted molar refractivity (Wildman–Crippen MR) is 118 cm³/mol. The van der Waals surface area contributed by atoms with Crippen molar-refractivity contribution in [2.45, 2.75) is 17.5 Å². The number of nitrogens with two attached hydrogens (primary N) is 1. The van der Waals surface area contributed by atoms with Gasteiger partial charge in [-0.25, -0.2) is 0 Å². The molecule has 8 nitrogen and oxygen atoms in total. The summed E-state index contributed by atoms with van der Waals surface area (Å²) in [5.41, 5.74) is 5.81. The zero-order valence-electron chi connectivity index (χ0n) is 16.9. The number of carbonyl (C=O) groups excluding carboxylic acids is 2. The highest BCUT2D eigenvalue weighted by Crippen LogP contribution is 2.38. The van der Waals surface area contributed by atoms with E-state index in [0.29, 0.717) is 10.6 Å². The SMILES string of the molecule is NC(=O)c1cn2c(c(OCc3ccccc3)c1=O)C(=O)N1C[C@@H]2C[S+]([O-])c2ccccc21. The molecule has 3 heterocycles. The van der Waals surface area contributed by atoms with Crippen molar-refractivity contribution in [3.63, 3.8) is 0 Å². The van der Waals surface area contributed by atoms with Crippen molar-refractivity contribution in [3.8, 4) is 5.75 Å². The van der Waals surface area contributed by atoms with E-state index >= 15 is 0 Å². The average molecular weight is 449 g/mol. The summed E-state index contributed by atoms with van der Waals surface area (Å²) < 4.78 is 20.4. The first-order chi connectivity index (χ1) is 15.5. The van der Waals surface area contributed by atoms with Crippen molar-refractivity contribution in [1.29, 1.82) is 0 Å². The number of amides is 2. The number of rotatable bonds is 4. The van der Waals surface area contributed by atoms with E-state index in [-0.39, 0.29) is 35.9 Å². The zero-order valence-corrected chi connectivity index (χ0v) is 17.7. The fraction of sp³-hybridized carbons (Fsp3) is 0.174. The summed E-state index contributed by atoms with van der Waals surface area (Å²) in [5, 5.41) is 0. The van der Waals surface area contributed by atoms with Gasteiger partial charge in [-0.05, 0) is 28.9 Å². The van der Waals surface area contributed by atoms with Crippen LogP contribution in [0, 0.1) is 0 Å². The third kappa shape index (κ3) is 3.26. The highest BCUT2D eigenvalue weighted by molar-refractivity contribution is 7.91. The summed E-state index contributed by atoms with van der Waals surface area (Å²) in [6.07, 6.45) is 1.29. The van der Waals surface area contributed by atoms with Gasteiger partial charge in [-0.3, -0.25) is 14.4 Å². The molecule has 9 heteroatoms. The van der Waals surface area contributed by atoms with Gasteiger partial charge in [-0.2, -0.15) is 0 Å². The van der Waals surface area contributed by atoms with Gasteiger partial charge in [-0.15, -0.1) is 0 Å². The Morgan fingerprint density at radius 2 is 1.84 bits per heavy atom. The van der Waals surface area contributed by atoms with Crippen molar-refractivity contribution >= 4 is 28.7 Å². The van der Waals surface area contributed by atoms with E-state index in [4.69, 9.17) is 10.5 Å². The number of para-hydroxylation sites is 1. The fourth-order valence-corrected chi connectivity index (χ4v) is 5.57. The highest BCUT2D eigenvalue weighted by atomic mass is 32.2. The van der Waals surface area contributed by atoms with E-state index in [9.17, 15) is 18.9 Å². The van der Waals surface area contributed by atoms with Crippen LogP contribution in [-0.4, -0.2) is 33.2 Å². The van der Waals surface area contributed by atoms with Crippen molar-refractivity contribution < 1.29 is 18.9 Å². The lowest BCUT2D eigenvalue weighted by Crippen LogP contribution is -2.46. The summed E-state index contributed by atoms with van der Waals surface area (Å²) in [5.74, 6) is -1.38. The molecule has 2 atom stereocenters. The number of carbonyl (C=O) groups is 2. The van der Waals surface area contributed by atoms with E-state index in [1.807, 2.05) is 30.3 Å². The first kappa shape index (κ1) is 20.3. The smallest absolute Gasteiger partial charge is 0.279 e. The van der Waals surface area contributed by atoms with Gasteiger partial charge in [0.1, 0.15) is 17.9 Å². The summed E-state index contributed by atoms with van der Waals surface area (Å²) in [4.78, 5) is 40.8. The van der Waals surface area contributed by atoms with Gasteiger partial charge >= 0.3 is 0 Å². The van der Waals surface area contributed by atoms with E-state index in [2.05, 4.69) is 0 Å². The maximum Gasteiger partial charge on any atom is 0.279 e. The summed E-state index contributed by atoms with van der Waals surface area (Å²) in [6.45, 7) is 0.291. The van der Waals surface area contributed by atoms with Crippen molar-refractivity contribution in [3.05, 3.63) is 87.8 Å². The molecule has 2 N–H and O–H groups in total. The van der Waals surface area contributed by atoms with Crippen molar-refractivity contribution in [1.82, 2.24) is 4.57 Å². The summed E-state index contributed by atoms with van der Waals surface area (Å²) in [6, 6.07) is 15.8. The molecule has 3 aromatic rings. The molecule has 0 fully saturated rings. The largest absolute Gasteiger partial charge is 0.611 e. The van der Waals surface area contributed by atoms with Crippen LogP contribution in [0.2, 0.25) is 0 Å². The summed E-state index contributed by atoms with van der Waals surface area (Å²) in [7, 11) is 0. The molecule has 0 saturated carbocycles. The molecule has 2 amide bonds. The molecule has 32 heavy (non-hydrogen) atoms. The molecule has 2 aliphatic rings. The van der Waals surface area contributed by atoms with Crippen LogP contribution in [0.1, 0.15) is 32.5 Å². The van der Waals surface area contributed by atoms with E-state index in [1.54, 1.807) is 24.3 Å². The molecule has 2 bridgehead atoms. The Balaban J connectivity index is 1.68. The number of aromatic nitrogens is 1. The van der Waals surface area contributed by atoms with Crippen molar-refractivity contribution in [2.75, 3.05) is 17.2 Å². The van der Waals surface area contributed by atoms with Crippen LogP contribution in [0.25, 0.3) is 0 Å². The van der Waals surface area contributed by atoms with Crippen LogP contribution in [0.3, 0.4) is 0 Å². The number of nitrogens with zero attached hydrogens (tertiary/aromatic N) is 2. The molecule has 0 aliphatic carbocycles.